The Hall–Kier alpha value is -2.13. The molecule has 1 aliphatic rings. The molecular weight excluding hydrogens is 336 g/mol. The van der Waals surface area contributed by atoms with E-state index in [1.54, 1.807) is 6.26 Å². The van der Waals surface area contributed by atoms with Crippen molar-refractivity contribution in [3.63, 3.8) is 0 Å². The summed E-state index contributed by atoms with van der Waals surface area (Å²) in [6, 6.07) is 3.01. The number of ether oxygens (including phenoxy) is 1. The maximum Gasteiger partial charge on any atom is 0.326 e. The van der Waals surface area contributed by atoms with E-state index in [1.807, 2.05) is 0 Å². The summed E-state index contributed by atoms with van der Waals surface area (Å²) in [7, 11) is 0. The van der Waals surface area contributed by atoms with Crippen molar-refractivity contribution >= 4 is 29.3 Å². The van der Waals surface area contributed by atoms with Crippen LogP contribution >= 0.6 is 11.8 Å². The number of aliphatic carboxylic acids is 1. The van der Waals surface area contributed by atoms with Crippen LogP contribution in [0.2, 0.25) is 0 Å². The van der Waals surface area contributed by atoms with Crippen LogP contribution in [-0.4, -0.2) is 47.4 Å². The number of nitrogens with one attached hydrogen (secondary N) is 1. The molecule has 1 aromatic carbocycles. The smallest absolute Gasteiger partial charge is 0.326 e. The summed E-state index contributed by atoms with van der Waals surface area (Å²) in [6.45, 7) is 0.849. The lowest BCUT2D eigenvalue weighted by molar-refractivity contribution is -0.387. The highest BCUT2D eigenvalue weighted by Crippen LogP contribution is 2.28. The molecule has 0 saturated carbocycles. The van der Waals surface area contributed by atoms with Gasteiger partial charge in [-0.1, -0.05) is 0 Å². The summed E-state index contributed by atoms with van der Waals surface area (Å²) in [5.41, 5.74) is -0.120. The Labute approximate surface area is 142 Å². The van der Waals surface area contributed by atoms with Gasteiger partial charge in [-0.3, -0.25) is 14.9 Å². The topological polar surface area (TPSA) is 119 Å². The average molecular weight is 354 g/mol. The Morgan fingerprint density at radius 1 is 1.50 bits per heavy atom. The lowest BCUT2D eigenvalue weighted by atomic mass is 9.93. The minimum Gasteiger partial charge on any atom is -0.480 e. The van der Waals surface area contributed by atoms with Crippen LogP contribution in [-0.2, 0) is 9.53 Å². The molecule has 1 amide bonds. The number of carboxylic acids is 1. The van der Waals surface area contributed by atoms with Gasteiger partial charge in [0, 0.05) is 24.2 Å². The second kappa shape index (κ2) is 8.11. The lowest BCUT2D eigenvalue weighted by Crippen LogP contribution is -2.48. The lowest BCUT2D eigenvalue weighted by Gasteiger charge is -2.28. The molecule has 1 aromatic rings. The van der Waals surface area contributed by atoms with Crippen molar-refractivity contribution in [2.24, 2.45) is 5.92 Å². The number of carbonyl (C=O) groups is 2. The molecule has 1 aliphatic heterocycles. The van der Waals surface area contributed by atoms with Gasteiger partial charge in [-0.15, -0.1) is 11.8 Å². The molecule has 2 rings (SSSR count). The minimum atomic E-state index is -1.14. The number of hydrogen-bond acceptors (Lipinski definition) is 6. The van der Waals surface area contributed by atoms with E-state index in [0.717, 1.165) is 12.5 Å². The fraction of sp³-hybridized carbons (Fsp3) is 0.467. The van der Waals surface area contributed by atoms with Crippen LogP contribution in [0.25, 0.3) is 0 Å². The van der Waals surface area contributed by atoms with Crippen LogP contribution in [0.15, 0.2) is 23.1 Å². The number of amides is 1. The van der Waals surface area contributed by atoms with Crippen molar-refractivity contribution in [1.82, 2.24) is 5.32 Å². The van der Waals surface area contributed by atoms with Crippen molar-refractivity contribution in [2.75, 3.05) is 19.5 Å². The third-order valence-corrected chi connectivity index (χ3v) is 4.64. The number of nitro benzene ring substituents is 1. The summed E-state index contributed by atoms with van der Waals surface area (Å²) in [4.78, 5) is 34.7. The van der Waals surface area contributed by atoms with Crippen molar-refractivity contribution in [3.05, 3.63) is 33.9 Å². The van der Waals surface area contributed by atoms with E-state index in [0.29, 0.717) is 17.9 Å². The molecule has 0 aromatic heterocycles. The molecule has 2 atom stereocenters. The number of rotatable bonds is 6. The van der Waals surface area contributed by atoms with Crippen LogP contribution in [0.3, 0.4) is 0 Å². The molecule has 0 radical (unpaired) electrons. The first-order valence-corrected chi connectivity index (χ1v) is 8.60. The summed E-state index contributed by atoms with van der Waals surface area (Å²) in [5, 5.41) is 22.9. The zero-order chi connectivity index (χ0) is 17.7. The van der Waals surface area contributed by atoms with E-state index in [4.69, 9.17) is 4.74 Å². The molecule has 0 spiro atoms. The Bertz CT molecular complexity index is 645. The molecular formula is C15H18N2O6S. The largest absolute Gasteiger partial charge is 0.480 e. The summed E-state index contributed by atoms with van der Waals surface area (Å²) >= 11 is 1.20. The van der Waals surface area contributed by atoms with E-state index in [9.17, 15) is 24.8 Å². The van der Waals surface area contributed by atoms with Crippen molar-refractivity contribution in [2.45, 2.75) is 23.8 Å². The predicted octanol–water partition coefficient (Wildman–Crippen LogP) is 1.93. The highest BCUT2D eigenvalue weighted by atomic mass is 32.2. The third kappa shape index (κ3) is 4.24. The Kier molecular flexibility index (Phi) is 6.16. The van der Waals surface area contributed by atoms with E-state index >= 15 is 0 Å². The molecule has 0 bridgehead atoms. The first kappa shape index (κ1) is 18.2. The number of carboxylic acid groups (broad SMARTS) is 1. The molecule has 130 valence electrons. The summed E-state index contributed by atoms with van der Waals surface area (Å²) in [5.74, 6) is -2.11. The van der Waals surface area contributed by atoms with Crippen LogP contribution in [0, 0.1) is 16.0 Å². The van der Waals surface area contributed by atoms with Gasteiger partial charge in [0.25, 0.3) is 11.6 Å². The third-order valence-electron chi connectivity index (χ3n) is 3.86. The Morgan fingerprint density at radius 2 is 2.25 bits per heavy atom. The molecule has 24 heavy (non-hydrogen) atoms. The van der Waals surface area contributed by atoms with Crippen LogP contribution in [0.1, 0.15) is 23.2 Å². The zero-order valence-corrected chi connectivity index (χ0v) is 13.9. The first-order chi connectivity index (χ1) is 11.4. The van der Waals surface area contributed by atoms with Gasteiger partial charge in [0.15, 0.2) is 0 Å². The Morgan fingerprint density at radius 3 is 2.79 bits per heavy atom. The van der Waals surface area contributed by atoms with E-state index in [1.165, 1.54) is 23.9 Å². The Balaban J connectivity index is 2.19. The fourth-order valence-corrected chi connectivity index (χ4v) is 3.15. The molecule has 8 nitrogen and oxygen atoms in total. The van der Waals surface area contributed by atoms with E-state index in [2.05, 4.69) is 5.32 Å². The second-order valence-electron chi connectivity index (χ2n) is 5.41. The number of nitrogens with zero attached hydrogens (tertiary/aromatic N) is 1. The molecule has 2 unspecified atom stereocenters. The van der Waals surface area contributed by atoms with Gasteiger partial charge in [0.05, 0.1) is 16.4 Å². The van der Waals surface area contributed by atoms with Crippen LogP contribution in [0.5, 0.6) is 0 Å². The van der Waals surface area contributed by atoms with Gasteiger partial charge in [-0.2, -0.15) is 0 Å². The van der Waals surface area contributed by atoms with Crippen molar-refractivity contribution < 1.29 is 24.4 Å². The minimum absolute atomic E-state index is 0.0578. The quantitative estimate of drug-likeness (QED) is 0.455. The average Bonchev–Trinajstić information content (AvgIpc) is 2.59. The highest BCUT2D eigenvalue weighted by molar-refractivity contribution is 7.98. The number of benzene rings is 1. The molecule has 1 saturated heterocycles. The number of carbonyl (C=O) groups excluding carboxylic acids is 1. The predicted molar refractivity (Wildman–Crippen MR) is 87.3 cm³/mol. The SMILES string of the molecule is CSc1ccc(C(=O)NC(C(=O)O)C2CCCOC2)cc1[N+](=O)[O-]. The van der Waals surface area contributed by atoms with Gasteiger partial charge in [-0.25, -0.2) is 4.79 Å². The van der Waals surface area contributed by atoms with E-state index in [-0.39, 0.29) is 23.8 Å². The van der Waals surface area contributed by atoms with E-state index < -0.39 is 22.8 Å². The molecule has 2 N–H and O–H groups in total. The molecule has 9 heteroatoms. The second-order valence-corrected chi connectivity index (χ2v) is 6.26. The summed E-state index contributed by atoms with van der Waals surface area (Å²) < 4.78 is 5.27. The van der Waals surface area contributed by atoms with Gasteiger partial charge < -0.3 is 15.2 Å². The van der Waals surface area contributed by atoms with Gasteiger partial charge in [-0.05, 0) is 31.2 Å². The standard InChI is InChI=1S/C15H18N2O6S/c1-24-12-5-4-9(7-11(12)17(21)22)14(18)16-13(15(19)20)10-3-2-6-23-8-10/h4-5,7,10,13H,2-3,6,8H2,1H3,(H,16,18)(H,19,20). The maximum atomic E-state index is 12.3. The summed E-state index contributed by atoms with van der Waals surface area (Å²) in [6.07, 6.45) is 3.08. The van der Waals surface area contributed by atoms with Gasteiger partial charge in [0.1, 0.15) is 6.04 Å². The first-order valence-electron chi connectivity index (χ1n) is 7.38. The molecule has 0 aliphatic carbocycles. The van der Waals surface area contributed by atoms with Gasteiger partial charge >= 0.3 is 5.97 Å². The van der Waals surface area contributed by atoms with Crippen molar-refractivity contribution in [3.8, 4) is 0 Å². The molecule has 1 heterocycles. The van der Waals surface area contributed by atoms with Gasteiger partial charge in [0.2, 0.25) is 0 Å². The normalized spacial score (nSPS) is 18.6. The number of nitro groups is 1. The number of hydrogen-bond donors (Lipinski definition) is 2. The van der Waals surface area contributed by atoms with Crippen LogP contribution in [0.4, 0.5) is 5.69 Å². The maximum absolute atomic E-state index is 12.3. The zero-order valence-electron chi connectivity index (χ0n) is 13.1. The van der Waals surface area contributed by atoms with Crippen molar-refractivity contribution in [1.29, 1.82) is 0 Å². The fourth-order valence-electron chi connectivity index (χ4n) is 2.61. The van der Waals surface area contributed by atoms with Crippen LogP contribution < -0.4 is 5.32 Å². The highest BCUT2D eigenvalue weighted by Gasteiger charge is 2.32. The molecule has 1 fully saturated rings. The monoisotopic (exact) mass is 354 g/mol. The number of thioether (sulfide) groups is 1.